The molecule has 1 aromatic rings. The van der Waals surface area contributed by atoms with Gasteiger partial charge in [0.25, 0.3) is 0 Å². The Morgan fingerprint density at radius 2 is 2.30 bits per heavy atom. The molecular formula is C3H8ClN5S. The second-order valence-corrected chi connectivity index (χ2v) is 1.89. The number of hydrogen-bond donors (Lipinski definition) is 2. The van der Waals surface area contributed by atoms with Crippen molar-refractivity contribution in [1.82, 2.24) is 20.2 Å². The van der Waals surface area contributed by atoms with Crippen LogP contribution < -0.4 is 5.73 Å². The Labute approximate surface area is 69.8 Å². The van der Waals surface area contributed by atoms with E-state index in [0.29, 0.717) is 18.2 Å². The Morgan fingerprint density at radius 1 is 1.60 bits per heavy atom. The zero-order chi connectivity index (χ0) is 6.69. The van der Waals surface area contributed by atoms with Gasteiger partial charge in [-0.25, -0.2) is 4.68 Å². The number of rotatable bonds is 2. The quantitative estimate of drug-likeness (QED) is 0.595. The fraction of sp³-hybridized carbons (Fsp3) is 0.667. The van der Waals surface area contributed by atoms with E-state index >= 15 is 0 Å². The van der Waals surface area contributed by atoms with Crippen molar-refractivity contribution in [3.05, 3.63) is 0 Å². The van der Waals surface area contributed by atoms with Crippen LogP contribution in [-0.2, 0) is 6.54 Å². The Hall–Kier alpha value is -0.330. The largest absolute Gasteiger partial charge is 0.329 e. The number of tetrazole rings is 1. The first-order valence-corrected chi connectivity index (χ1v) is 2.94. The van der Waals surface area contributed by atoms with Gasteiger partial charge in [0.1, 0.15) is 0 Å². The minimum absolute atomic E-state index is 0. The van der Waals surface area contributed by atoms with Crippen molar-refractivity contribution in [2.45, 2.75) is 11.7 Å². The highest BCUT2D eigenvalue weighted by molar-refractivity contribution is 7.80. The van der Waals surface area contributed by atoms with Crippen molar-refractivity contribution in [3.63, 3.8) is 0 Å². The van der Waals surface area contributed by atoms with Gasteiger partial charge in [-0.15, -0.1) is 30.1 Å². The molecule has 0 saturated carbocycles. The SMILES string of the molecule is Cl.NCCn1nnnc1S. The molecule has 0 aliphatic carbocycles. The predicted molar refractivity (Wildman–Crippen MR) is 41.4 cm³/mol. The summed E-state index contributed by atoms with van der Waals surface area (Å²) in [5, 5.41) is 11.0. The van der Waals surface area contributed by atoms with E-state index < -0.39 is 0 Å². The molecular weight excluding hydrogens is 174 g/mol. The molecule has 0 bridgehead atoms. The third-order valence-corrected chi connectivity index (χ3v) is 1.17. The molecule has 0 radical (unpaired) electrons. The summed E-state index contributed by atoms with van der Waals surface area (Å²) < 4.78 is 1.53. The lowest BCUT2D eigenvalue weighted by Crippen LogP contribution is -2.11. The number of hydrogen-bond acceptors (Lipinski definition) is 5. The van der Waals surface area contributed by atoms with E-state index in [4.69, 9.17) is 5.73 Å². The van der Waals surface area contributed by atoms with Gasteiger partial charge in [-0.1, -0.05) is 0 Å². The minimum Gasteiger partial charge on any atom is -0.329 e. The molecule has 1 aromatic heterocycles. The van der Waals surface area contributed by atoms with Gasteiger partial charge in [0.05, 0.1) is 6.54 Å². The van der Waals surface area contributed by atoms with Gasteiger partial charge < -0.3 is 5.73 Å². The lowest BCUT2D eigenvalue weighted by molar-refractivity contribution is 0.558. The average Bonchev–Trinajstić information content (AvgIpc) is 2.18. The molecule has 5 nitrogen and oxygen atoms in total. The predicted octanol–water partition coefficient (Wildman–Crippen LogP) is -0.658. The number of aromatic nitrogens is 4. The third kappa shape index (κ3) is 2.13. The zero-order valence-corrected chi connectivity index (χ0v) is 6.85. The van der Waals surface area contributed by atoms with Gasteiger partial charge in [-0.3, -0.25) is 0 Å². The molecule has 0 spiro atoms. The molecule has 2 N–H and O–H groups in total. The fourth-order valence-electron chi connectivity index (χ4n) is 0.467. The summed E-state index contributed by atoms with van der Waals surface area (Å²) in [7, 11) is 0. The van der Waals surface area contributed by atoms with E-state index in [0.717, 1.165) is 0 Å². The molecule has 1 rings (SSSR count). The van der Waals surface area contributed by atoms with Gasteiger partial charge in [0.2, 0.25) is 5.16 Å². The molecule has 0 saturated heterocycles. The molecule has 58 valence electrons. The zero-order valence-electron chi connectivity index (χ0n) is 5.14. The summed E-state index contributed by atoms with van der Waals surface area (Å²) in [5.41, 5.74) is 5.24. The van der Waals surface area contributed by atoms with E-state index in [-0.39, 0.29) is 12.4 Å². The Morgan fingerprint density at radius 3 is 2.70 bits per heavy atom. The molecule has 1 heterocycles. The van der Waals surface area contributed by atoms with Crippen LogP contribution in [0.2, 0.25) is 0 Å². The van der Waals surface area contributed by atoms with Gasteiger partial charge in [0.15, 0.2) is 0 Å². The highest BCUT2D eigenvalue weighted by Gasteiger charge is 1.96. The van der Waals surface area contributed by atoms with Crippen molar-refractivity contribution in [1.29, 1.82) is 0 Å². The Bertz CT molecular complexity index is 189. The smallest absolute Gasteiger partial charge is 0.206 e. The minimum atomic E-state index is 0. The van der Waals surface area contributed by atoms with Crippen LogP contribution in [0.5, 0.6) is 0 Å². The first kappa shape index (κ1) is 9.67. The molecule has 0 fully saturated rings. The molecule has 0 aliphatic rings. The van der Waals surface area contributed by atoms with E-state index in [2.05, 4.69) is 28.2 Å². The van der Waals surface area contributed by atoms with Gasteiger partial charge in [-0.05, 0) is 10.4 Å². The first-order valence-electron chi connectivity index (χ1n) is 2.50. The van der Waals surface area contributed by atoms with Crippen LogP contribution in [0.25, 0.3) is 0 Å². The topological polar surface area (TPSA) is 69.6 Å². The molecule has 0 aromatic carbocycles. The molecule has 0 aliphatic heterocycles. The van der Waals surface area contributed by atoms with Crippen LogP contribution in [0.4, 0.5) is 0 Å². The molecule has 0 atom stereocenters. The lowest BCUT2D eigenvalue weighted by Gasteiger charge is -1.93. The maximum Gasteiger partial charge on any atom is 0.206 e. The lowest BCUT2D eigenvalue weighted by atomic mass is 10.7. The van der Waals surface area contributed by atoms with E-state index in [1.807, 2.05) is 0 Å². The monoisotopic (exact) mass is 181 g/mol. The summed E-state index contributed by atoms with van der Waals surface area (Å²) in [6.07, 6.45) is 0. The van der Waals surface area contributed by atoms with Crippen molar-refractivity contribution >= 4 is 25.0 Å². The second kappa shape index (κ2) is 4.48. The van der Waals surface area contributed by atoms with Crippen molar-refractivity contribution in [2.24, 2.45) is 5.73 Å². The van der Waals surface area contributed by atoms with Crippen LogP contribution in [0.1, 0.15) is 0 Å². The van der Waals surface area contributed by atoms with Crippen LogP contribution in [0, 0.1) is 0 Å². The van der Waals surface area contributed by atoms with E-state index in [1.165, 1.54) is 4.68 Å². The van der Waals surface area contributed by atoms with E-state index in [1.54, 1.807) is 0 Å². The molecule has 0 amide bonds. The van der Waals surface area contributed by atoms with Gasteiger partial charge >= 0.3 is 0 Å². The van der Waals surface area contributed by atoms with Crippen LogP contribution >= 0.6 is 25.0 Å². The first-order chi connectivity index (χ1) is 4.34. The number of thiol groups is 1. The number of nitrogens with zero attached hydrogens (tertiary/aromatic N) is 4. The summed E-state index contributed by atoms with van der Waals surface area (Å²) in [6.45, 7) is 1.14. The van der Waals surface area contributed by atoms with Gasteiger partial charge in [0, 0.05) is 6.54 Å². The van der Waals surface area contributed by atoms with Crippen molar-refractivity contribution < 1.29 is 0 Å². The number of nitrogens with two attached hydrogens (primary N) is 1. The molecule has 7 heteroatoms. The summed E-state index contributed by atoms with van der Waals surface area (Å²) in [4.78, 5) is 0. The van der Waals surface area contributed by atoms with Crippen LogP contribution in [-0.4, -0.2) is 26.8 Å². The van der Waals surface area contributed by atoms with Crippen molar-refractivity contribution in [2.75, 3.05) is 6.54 Å². The van der Waals surface area contributed by atoms with E-state index in [9.17, 15) is 0 Å². The average molecular weight is 182 g/mol. The standard InChI is InChI=1S/C3H7N5S.ClH/c4-1-2-8-3(9)5-6-7-8;/h1-2,4H2,(H,5,7,9);1H. The maximum atomic E-state index is 5.24. The highest BCUT2D eigenvalue weighted by Crippen LogP contribution is 1.94. The Kier molecular flexibility index (Phi) is 4.33. The summed E-state index contributed by atoms with van der Waals surface area (Å²) >= 11 is 3.95. The third-order valence-electron chi connectivity index (χ3n) is 0.854. The maximum absolute atomic E-state index is 5.24. The summed E-state index contributed by atoms with van der Waals surface area (Å²) in [6, 6.07) is 0. The van der Waals surface area contributed by atoms with Crippen LogP contribution in [0.15, 0.2) is 5.16 Å². The summed E-state index contributed by atoms with van der Waals surface area (Å²) in [5.74, 6) is 0. The highest BCUT2D eigenvalue weighted by atomic mass is 35.5. The van der Waals surface area contributed by atoms with Crippen molar-refractivity contribution in [3.8, 4) is 0 Å². The Balaban J connectivity index is 0.000000810. The molecule has 0 unspecified atom stereocenters. The normalized spacial score (nSPS) is 9.00. The number of halogens is 1. The molecule has 10 heavy (non-hydrogen) atoms. The van der Waals surface area contributed by atoms with Crippen LogP contribution in [0.3, 0.4) is 0 Å². The van der Waals surface area contributed by atoms with Gasteiger partial charge in [-0.2, -0.15) is 0 Å². The fourth-order valence-corrected chi connectivity index (χ4v) is 0.647. The second-order valence-electron chi connectivity index (χ2n) is 1.49.